The van der Waals surface area contributed by atoms with E-state index in [1.807, 2.05) is 0 Å². The van der Waals surface area contributed by atoms with Gasteiger partial charge >= 0.3 is 0 Å². The molecule has 0 atom stereocenters. The van der Waals surface area contributed by atoms with Gasteiger partial charge in [-0.2, -0.15) is 0 Å². The second kappa shape index (κ2) is 5.40. The average molecular weight is 324 g/mol. The molecule has 2 aromatic carbocycles. The molecule has 98 valence electrons. The molecule has 0 heterocycles. The minimum Gasteiger partial charge on any atom is -0.508 e. The highest BCUT2D eigenvalue weighted by Gasteiger charge is 2.11. The van der Waals surface area contributed by atoms with Crippen LogP contribution in [-0.4, -0.2) is 11.0 Å². The fourth-order valence-electron chi connectivity index (χ4n) is 1.56. The second-order valence-electron chi connectivity index (χ2n) is 4.08. The van der Waals surface area contributed by atoms with Crippen LogP contribution in [0.1, 0.15) is 15.9 Å². The third-order valence-electron chi connectivity index (χ3n) is 2.64. The van der Waals surface area contributed by atoms with E-state index in [1.54, 1.807) is 19.1 Å². The van der Waals surface area contributed by atoms with E-state index >= 15 is 0 Å². The Morgan fingerprint density at radius 1 is 1.26 bits per heavy atom. The molecule has 3 nitrogen and oxygen atoms in total. The highest BCUT2D eigenvalue weighted by molar-refractivity contribution is 9.10. The number of phenolic OH excluding ortho intramolecular Hbond substituents is 1. The Labute approximate surface area is 118 Å². The van der Waals surface area contributed by atoms with Crippen LogP contribution in [-0.2, 0) is 0 Å². The summed E-state index contributed by atoms with van der Waals surface area (Å²) in [6, 6.07) is 8.68. The molecule has 0 unspecified atom stereocenters. The van der Waals surface area contributed by atoms with Gasteiger partial charge in [0.2, 0.25) is 0 Å². The van der Waals surface area contributed by atoms with Crippen molar-refractivity contribution in [3.63, 3.8) is 0 Å². The molecule has 0 bridgehead atoms. The molecule has 2 aromatic rings. The smallest absolute Gasteiger partial charge is 0.256 e. The van der Waals surface area contributed by atoms with Crippen molar-refractivity contribution in [2.24, 2.45) is 0 Å². The zero-order valence-corrected chi connectivity index (χ0v) is 11.7. The summed E-state index contributed by atoms with van der Waals surface area (Å²) in [4.78, 5) is 12.0. The van der Waals surface area contributed by atoms with Crippen LogP contribution in [0.15, 0.2) is 40.9 Å². The average Bonchev–Trinajstić information content (AvgIpc) is 2.33. The molecule has 19 heavy (non-hydrogen) atoms. The number of hydrogen-bond acceptors (Lipinski definition) is 2. The van der Waals surface area contributed by atoms with E-state index in [0.717, 1.165) is 5.56 Å². The fourth-order valence-corrected chi connectivity index (χ4v) is 2.09. The Bertz CT molecular complexity index is 643. The Balaban J connectivity index is 2.23. The van der Waals surface area contributed by atoms with E-state index in [-0.39, 0.29) is 11.7 Å². The number of nitrogens with one attached hydrogen (secondary N) is 1. The summed E-state index contributed by atoms with van der Waals surface area (Å²) in [6.07, 6.45) is 0. The number of hydrogen-bond donors (Lipinski definition) is 2. The van der Waals surface area contributed by atoms with Gasteiger partial charge in [0.05, 0.1) is 5.56 Å². The number of anilines is 1. The van der Waals surface area contributed by atoms with Crippen molar-refractivity contribution in [3.05, 3.63) is 57.8 Å². The normalized spacial score (nSPS) is 10.3. The Kier molecular flexibility index (Phi) is 3.85. The quantitative estimate of drug-likeness (QED) is 0.881. The zero-order chi connectivity index (χ0) is 14.0. The first kappa shape index (κ1) is 13.5. The lowest BCUT2D eigenvalue weighted by Gasteiger charge is -2.08. The van der Waals surface area contributed by atoms with E-state index in [9.17, 15) is 14.3 Å². The lowest BCUT2D eigenvalue weighted by atomic mass is 10.1. The van der Waals surface area contributed by atoms with Crippen LogP contribution < -0.4 is 5.32 Å². The topological polar surface area (TPSA) is 49.3 Å². The van der Waals surface area contributed by atoms with Crippen LogP contribution in [0.5, 0.6) is 5.75 Å². The molecule has 0 spiro atoms. The summed E-state index contributed by atoms with van der Waals surface area (Å²) in [5, 5.41) is 12.2. The van der Waals surface area contributed by atoms with Gasteiger partial charge in [-0.25, -0.2) is 4.39 Å². The first-order valence-corrected chi connectivity index (χ1v) is 6.32. The SMILES string of the molecule is Cc1ccc(NC(=O)c2ccc(F)cc2Br)cc1O. The molecule has 1 amide bonds. The number of aromatic hydroxyl groups is 1. The van der Waals surface area contributed by atoms with Gasteiger partial charge in [0, 0.05) is 16.2 Å². The summed E-state index contributed by atoms with van der Waals surface area (Å²) in [5.74, 6) is -0.692. The number of benzene rings is 2. The van der Waals surface area contributed by atoms with Crippen LogP contribution in [0.4, 0.5) is 10.1 Å². The summed E-state index contributed by atoms with van der Waals surface area (Å²) in [5.41, 5.74) is 1.52. The third-order valence-corrected chi connectivity index (χ3v) is 3.30. The van der Waals surface area contributed by atoms with Crippen molar-refractivity contribution >= 4 is 27.5 Å². The van der Waals surface area contributed by atoms with Gasteiger partial charge < -0.3 is 10.4 Å². The monoisotopic (exact) mass is 323 g/mol. The molecule has 2 N–H and O–H groups in total. The number of amides is 1. The minimum atomic E-state index is -0.420. The molecular formula is C14H11BrFNO2. The number of phenols is 1. The van der Waals surface area contributed by atoms with Gasteiger partial charge in [0.1, 0.15) is 11.6 Å². The predicted molar refractivity (Wildman–Crippen MR) is 74.9 cm³/mol. The summed E-state index contributed by atoms with van der Waals surface area (Å²) in [7, 11) is 0. The first-order valence-electron chi connectivity index (χ1n) is 5.53. The fraction of sp³-hybridized carbons (Fsp3) is 0.0714. The highest BCUT2D eigenvalue weighted by atomic mass is 79.9. The number of halogens is 2. The Morgan fingerprint density at radius 2 is 2.00 bits per heavy atom. The summed E-state index contributed by atoms with van der Waals surface area (Å²) < 4.78 is 13.3. The molecule has 0 saturated carbocycles. The molecule has 0 aliphatic heterocycles. The standard InChI is InChI=1S/C14H11BrFNO2/c1-8-2-4-10(7-13(8)18)17-14(19)11-5-3-9(16)6-12(11)15/h2-7,18H,1H3,(H,17,19). The van der Waals surface area contributed by atoms with Gasteiger partial charge in [-0.05, 0) is 52.7 Å². The van der Waals surface area contributed by atoms with Crippen molar-refractivity contribution in [2.45, 2.75) is 6.92 Å². The number of aryl methyl sites for hydroxylation is 1. The predicted octanol–water partition coefficient (Wildman–Crippen LogP) is 3.85. The largest absolute Gasteiger partial charge is 0.508 e. The molecule has 0 aliphatic carbocycles. The summed E-state index contributed by atoms with van der Waals surface area (Å²) >= 11 is 3.14. The van der Waals surface area contributed by atoms with Gasteiger partial charge in [-0.3, -0.25) is 4.79 Å². The Morgan fingerprint density at radius 3 is 2.63 bits per heavy atom. The maximum Gasteiger partial charge on any atom is 0.256 e. The maximum absolute atomic E-state index is 12.9. The molecule has 0 aliphatic rings. The van der Waals surface area contributed by atoms with Gasteiger partial charge in [-0.1, -0.05) is 6.07 Å². The number of carbonyl (C=O) groups excluding carboxylic acids is 1. The molecule has 2 rings (SSSR count). The van der Waals surface area contributed by atoms with Gasteiger partial charge in [0.15, 0.2) is 0 Å². The number of carbonyl (C=O) groups is 1. The molecule has 5 heteroatoms. The van der Waals surface area contributed by atoms with Crippen LogP contribution >= 0.6 is 15.9 Å². The number of rotatable bonds is 2. The molecule has 0 saturated heterocycles. The molecule has 0 fully saturated rings. The van der Waals surface area contributed by atoms with Crippen molar-refractivity contribution < 1.29 is 14.3 Å². The van der Waals surface area contributed by atoms with E-state index < -0.39 is 5.82 Å². The lowest BCUT2D eigenvalue weighted by Crippen LogP contribution is -2.12. The van der Waals surface area contributed by atoms with Crippen LogP contribution in [0.25, 0.3) is 0 Å². The zero-order valence-electron chi connectivity index (χ0n) is 10.1. The van der Waals surface area contributed by atoms with E-state index in [4.69, 9.17) is 0 Å². The van der Waals surface area contributed by atoms with Crippen LogP contribution in [0.3, 0.4) is 0 Å². The van der Waals surface area contributed by atoms with Gasteiger partial charge in [0.25, 0.3) is 5.91 Å². The third kappa shape index (κ3) is 3.12. The lowest BCUT2D eigenvalue weighted by molar-refractivity contribution is 0.102. The van der Waals surface area contributed by atoms with Crippen molar-refractivity contribution in [1.29, 1.82) is 0 Å². The van der Waals surface area contributed by atoms with E-state index in [0.29, 0.717) is 15.7 Å². The van der Waals surface area contributed by atoms with Crippen molar-refractivity contribution in [2.75, 3.05) is 5.32 Å². The van der Waals surface area contributed by atoms with Crippen molar-refractivity contribution in [3.8, 4) is 5.75 Å². The highest BCUT2D eigenvalue weighted by Crippen LogP contribution is 2.23. The molecule has 0 radical (unpaired) electrons. The van der Waals surface area contributed by atoms with E-state index in [2.05, 4.69) is 21.2 Å². The van der Waals surface area contributed by atoms with Crippen molar-refractivity contribution in [1.82, 2.24) is 0 Å². The minimum absolute atomic E-state index is 0.107. The molecular weight excluding hydrogens is 313 g/mol. The van der Waals surface area contributed by atoms with Crippen LogP contribution in [0, 0.1) is 12.7 Å². The van der Waals surface area contributed by atoms with Gasteiger partial charge in [-0.15, -0.1) is 0 Å². The summed E-state index contributed by atoms with van der Waals surface area (Å²) in [6.45, 7) is 1.76. The maximum atomic E-state index is 12.9. The second-order valence-corrected chi connectivity index (χ2v) is 4.93. The Hall–Kier alpha value is -1.88. The first-order chi connectivity index (χ1) is 8.97. The molecule has 0 aromatic heterocycles. The van der Waals surface area contributed by atoms with E-state index in [1.165, 1.54) is 24.3 Å². The van der Waals surface area contributed by atoms with Crippen LogP contribution in [0.2, 0.25) is 0 Å².